The molecule has 10 nitrogen and oxygen atoms in total. The average molecular weight is 397 g/mol. The van der Waals surface area contributed by atoms with E-state index >= 15 is 0 Å². The molecule has 0 aliphatic carbocycles. The second kappa shape index (κ2) is 8.99. The highest BCUT2D eigenvalue weighted by Gasteiger charge is 2.36. The van der Waals surface area contributed by atoms with Crippen LogP contribution in [0, 0.1) is 23.2 Å². The van der Waals surface area contributed by atoms with Crippen molar-refractivity contribution in [2.45, 2.75) is 52.7 Å². The molecule has 2 fully saturated rings. The summed E-state index contributed by atoms with van der Waals surface area (Å²) in [5.74, 6) is 0.102. The van der Waals surface area contributed by atoms with Gasteiger partial charge in [-0.25, -0.2) is 9.59 Å². The van der Waals surface area contributed by atoms with Crippen molar-refractivity contribution in [3.05, 3.63) is 0 Å². The van der Waals surface area contributed by atoms with Gasteiger partial charge >= 0.3 is 12.2 Å². The first-order valence-corrected chi connectivity index (χ1v) is 9.08. The molecule has 2 aliphatic rings. The van der Waals surface area contributed by atoms with E-state index in [9.17, 15) is 9.59 Å². The fraction of sp³-hybridized carbons (Fsp3) is 0.778. The minimum atomic E-state index is -0.487. The van der Waals surface area contributed by atoms with Crippen molar-refractivity contribution in [2.24, 2.45) is 22.7 Å². The Hall–Kier alpha value is -2.70. The predicted octanol–water partition coefficient (Wildman–Crippen LogP) is 1.98. The van der Waals surface area contributed by atoms with E-state index in [0.29, 0.717) is 26.2 Å². The molecular weight excluding hydrogens is 366 g/mol. The zero-order valence-electron chi connectivity index (χ0n) is 17.4. The zero-order valence-corrected chi connectivity index (χ0v) is 17.4. The Balaban J connectivity index is 0.000000283. The molecule has 0 unspecified atom stereocenters. The van der Waals surface area contributed by atoms with Crippen molar-refractivity contribution in [2.75, 3.05) is 26.2 Å². The molecule has 2 saturated heterocycles. The minimum Gasteiger partial charge on any atom is -0.444 e. The van der Waals surface area contributed by atoms with Gasteiger partial charge in [0.1, 0.15) is 17.0 Å². The van der Waals surface area contributed by atoms with Gasteiger partial charge in [-0.15, -0.1) is 0 Å². The molecular formula is C18H31N5O5. The van der Waals surface area contributed by atoms with Crippen LogP contribution in [0.2, 0.25) is 0 Å². The summed E-state index contributed by atoms with van der Waals surface area (Å²) in [4.78, 5) is 25.8. The number of ether oxygens (including phenoxy) is 2. The summed E-state index contributed by atoms with van der Waals surface area (Å²) in [5.41, 5.74) is 4.45. The number of hydrogen-bond acceptors (Lipinski definition) is 7. The molecule has 0 aromatic rings. The van der Waals surface area contributed by atoms with Crippen LogP contribution in [0.1, 0.15) is 41.5 Å². The van der Waals surface area contributed by atoms with Gasteiger partial charge in [-0.3, -0.25) is 0 Å². The molecule has 10 heteroatoms. The standard InChI is InChI=1S/C9H17N3O3.C9H14N2O2/c1-9(2,3)15-8(13)12-4-6(5-12)7(10)11-14;1-9(2,3)13-8(12)11-5-7(4-10)6-11/h6,14H,4-5H2,1-3H3,(H2,10,11);7H,5-6H2,1-3H3. The van der Waals surface area contributed by atoms with Crippen molar-refractivity contribution in [1.29, 1.82) is 5.26 Å². The van der Waals surface area contributed by atoms with E-state index in [0.717, 1.165) is 0 Å². The summed E-state index contributed by atoms with van der Waals surface area (Å²) in [7, 11) is 0. The van der Waals surface area contributed by atoms with Crippen molar-refractivity contribution >= 4 is 18.0 Å². The number of nitrogens with zero attached hydrogens (tertiary/aromatic N) is 4. The maximum atomic E-state index is 11.5. The summed E-state index contributed by atoms with van der Waals surface area (Å²) in [6.07, 6.45) is -0.677. The van der Waals surface area contributed by atoms with Gasteiger partial charge in [0.2, 0.25) is 0 Å². The smallest absolute Gasteiger partial charge is 0.410 e. The van der Waals surface area contributed by atoms with Crippen LogP contribution < -0.4 is 5.73 Å². The molecule has 28 heavy (non-hydrogen) atoms. The lowest BCUT2D eigenvalue weighted by Crippen LogP contribution is -2.55. The van der Waals surface area contributed by atoms with Crippen LogP contribution in [0.15, 0.2) is 5.16 Å². The third-order valence-corrected chi connectivity index (χ3v) is 3.78. The Morgan fingerprint density at radius 1 is 1.00 bits per heavy atom. The summed E-state index contributed by atoms with van der Waals surface area (Å²) in [6, 6.07) is 2.10. The Bertz CT molecular complexity index is 632. The van der Waals surface area contributed by atoms with Gasteiger partial charge in [-0.2, -0.15) is 5.26 Å². The molecule has 2 rings (SSSR count). The number of carbonyl (C=O) groups excluding carboxylic acids is 2. The van der Waals surface area contributed by atoms with E-state index in [1.807, 2.05) is 41.5 Å². The van der Waals surface area contributed by atoms with E-state index in [4.69, 9.17) is 25.7 Å². The van der Waals surface area contributed by atoms with E-state index < -0.39 is 11.2 Å². The highest BCUT2D eigenvalue weighted by Crippen LogP contribution is 2.20. The first-order valence-electron chi connectivity index (χ1n) is 9.08. The van der Waals surface area contributed by atoms with Crippen molar-refractivity contribution in [3.8, 4) is 6.07 Å². The highest BCUT2D eigenvalue weighted by atomic mass is 16.6. The van der Waals surface area contributed by atoms with Crippen LogP contribution in [-0.4, -0.2) is 70.4 Å². The van der Waals surface area contributed by atoms with Crippen LogP contribution in [-0.2, 0) is 9.47 Å². The SMILES string of the molecule is CC(C)(C)OC(=O)N1CC(/C(N)=N/O)C1.CC(C)(C)OC(=O)N1CC(C#N)C1. The molecule has 0 spiro atoms. The fourth-order valence-corrected chi connectivity index (χ4v) is 2.26. The molecule has 0 aromatic heterocycles. The number of amidine groups is 1. The summed E-state index contributed by atoms with van der Waals surface area (Å²) < 4.78 is 10.3. The molecule has 3 N–H and O–H groups in total. The maximum absolute atomic E-state index is 11.5. The Kier molecular flexibility index (Phi) is 7.50. The molecule has 2 aliphatic heterocycles. The molecule has 0 atom stereocenters. The first-order chi connectivity index (χ1) is 12.8. The van der Waals surface area contributed by atoms with Gasteiger partial charge < -0.3 is 30.2 Å². The lowest BCUT2D eigenvalue weighted by Gasteiger charge is -2.38. The van der Waals surface area contributed by atoms with Gasteiger partial charge in [0, 0.05) is 26.2 Å². The second-order valence-corrected chi connectivity index (χ2v) is 8.82. The molecule has 158 valence electrons. The average Bonchev–Trinajstić information content (AvgIpc) is 2.41. The van der Waals surface area contributed by atoms with E-state index in [-0.39, 0.29) is 29.9 Å². The monoisotopic (exact) mass is 397 g/mol. The van der Waals surface area contributed by atoms with Gasteiger partial charge in [0.15, 0.2) is 0 Å². The van der Waals surface area contributed by atoms with Gasteiger partial charge in [0.25, 0.3) is 0 Å². The second-order valence-electron chi connectivity index (χ2n) is 8.82. The number of rotatable bonds is 1. The molecule has 2 heterocycles. The number of hydrogen-bond donors (Lipinski definition) is 2. The quantitative estimate of drug-likeness (QED) is 0.298. The number of amides is 2. The van der Waals surface area contributed by atoms with Crippen LogP contribution in [0.4, 0.5) is 9.59 Å². The molecule has 0 saturated carbocycles. The maximum Gasteiger partial charge on any atom is 0.410 e. The number of likely N-dealkylation sites (tertiary alicyclic amines) is 2. The van der Waals surface area contributed by atoms with Crippen LogP contribution in [0.3, 0.4) is 0 Å². The summed E-state index contributed by atoms with van der Waals surface area (Å²) in [5, 5.41) is 19.8. The van der Waals surface area contributed by atoms with Crippen molar-refractivity contribution in [1.82, 2.24) is 9.80 Å². The van der Waals surface area contributed by atoms with E-state index in [2.05, 4.69) is 11.2 Å². The number of carbonyl (C=O) groups is 2. The summed E-state index contributed by atoms with van der Waals surface area (Å²) in [6.45, 7) is 12.8. The Morgan fingerprint density at radius 3 is 1.71 bits per heavy atom. The van der Waals surface area contributed by atoms with Gasteiger partial charge in [-0.1, -0.05) is 5.16 Å². The van der Waals surface area contributed by atoms with Gasteiger partial charge in [-0.05, 0) is 41.5 Å². The minimum absolute atomic E-state index is 0.00693. The largest absolute Gasteiger partial charge is 0.444 e. The van der Waals surface area contributed by atoms with E-state index in [1.54, 1.807) is 4.90 Å². The lowest BCUT2D eigenvalue weighted by atomic mass is 10.00. The third-order valence-electron chi connectivity index (χ3n) is 3.78. The molecule has 0 bridgehead atoms. The predicted molar refractivity (Wildman–Crippen MR) is 102 cm³/mol. The third kappa shape index (κ3) is 7.50. The van der Waals surface area contributed by atoms with Crippen molar-refractivity contribution < 1.29 is 24.3 Å². The highest BCUT2D eigenvalue weighted by molar-refractivity contribution is 5.85. The fourth-order valence-electron chi connectivity index (χ4n) is 2.26. The molecule has 0 aromatic carbocycles. The Labute approximate surface area is 165 Å². The number of nitriles is 1. The molecule has 2 amide bonds. The van der Waals surface area contributed by atoms with Crippen molar-refractivity contribution in [3.63, 3.8) is 0 Å². The lowest BCUT2D eigenvalue weighted by molar-refractivity contribution is 0.00514. The molecule has 0 radical (unpaired) electrons. The number of oxime groups is 1. The van der Waals surface area contributed by atoms with Gasteiger partial charge in [0.05, 0.1) is 17.9 Å². The normalized spacial score (nSPS) is 18.1. The Morgan fingerprint density at radius 2 is 1.39 bits per heavy atom. The topological polar surface area (TPSA) is 141 Å². The van der Waals surface area contributed by atoms with Crippen LogP contribution >= 0.6 is 0 Å². The zero-order chi connectivity index (χ0) is 21.7. The summed E-state index contributed by atoms with van der Waals surface area (Å²) >= 11 is 0. The first kappa shape index (κ1) is 23.3. The van der Waals surface area contributed by atoms with Crippen LogP contribution in [0.5, 0.6) is 0 Å². The van der Waals surface area contributed by atoms with Crippen LogP contribution in [0.25, 0.3) is 0 Å². The number of nitrogens with two attached hydrogens (primary N) is 1. The van der Waals surface area contributed by atoms with E-state index in [1.165, 1.54) is 4.90 Å².